The fourth-order valence-electron chi connectivity index (χ4n) is 4.75. The first kappa shape index (κ1) is 21.3. The number of carbonyl (C=O) groups is 2. The van der Waals surface area contributed by atoms with Crippen LogP contribution >= 0.6 is 15.9 Å². The molecule has 0 bridgehead atoms. The number of hydrogen-bond acceptors (Lipinski definition) is 5. The number of hydrogen-bond donors (Lipinski definition) is 1. The minimum absolute atomic E-state index is 0.0392. The average molecular weight is 474 g/mol. The van der Waals surface area contributed by atoms with Gasteiger partial charge in [0.05, 0.1) is 11.7 Å². The molecule has 0 spiro atoms. The maximum absolute atomic E-state index is 13.3. The lowest BCUT2D eigenvalue weighted by Gasteiger charge is -2.39. The summed E-state index contributed by atoms with van der Waals surface area (Å²) < 4.78 is 12.2. The molecule has 2 unspecified atom stereocenters. The van der Waals surface area contributed by atoms with Crippen LogP contribution in [0.5, 0.6) is 0 Å². The van der Waals surface area contributed by atoms with Crippen molar-refractivity contribution in [2.45, 2.75) is 58.5 Å². The van der Waals surface area contributed by atoms with Crippen molar-refractivity contribution in [2.24, 2.45) is 5.41 Å². The van der Waals surface area contributed by atoms with Crippen LogP contribution in [0.3, 0.4) is 0 Å². The minimum atomic E-state index is -0.431. The molecule has 1 aromatic rings. The monoisotopic (exact) mass is 473 g/mol. The van der Waals surface area contributed by atoms with Crippen LogP contribution in [0, 0.1) is 5.41 Å². The summed E-state index contributed by atoms with van der Waals surface area (Å²) in [5, 5.41) is 3.37. The molecule has 6 heteroatoms. The number of esters is 1. The molecule has 1 aliphatic carbocycles. The van der Waals surface area contributed by atoms with E-state index in [2.05, 4.69) is 35.1 Å². The molecule has 1 aromatic carbocycles. The number of carbonyl (C=O) groups excluding carboxylic acids is 2. The summed E-state index contributed by atoms with van der Waals surface area (Å²) in [7, 11) is 0. The van der Waals surface area contributed by atoms with Gasteiger partial charge in [0.15, 0.2) is 5.78 Å². The normalized spacial score (nSPS) is 25.8. The number of ether oxygens (including phenoxy) is 2. The Morgan fingerprint density at radius 1 is 1.33 bits per heavy atom. The van der Waals surface area contributed by atoms with Gasteiger partial charge in [-0.15, -0.1) is 0 Å². The standard InChI is InChI=1S/C24H28BrNO4/c1-14-20(23(28)30-13-17-8-5-9-29-17)21(15-6-4-7-16(25)10-15)22-18(26-14)11-24(2,3)12-19(22)27/h4,6-7,10,17,21,26H,5,8-9,11-13H2,1-3H3. The molecule has 1 saturated heterocycles. The van der Waals surface area contributed by atoms with E-state index in [1.807, 2.05) is 31.2 Å². The third-order valence-corrected chi connectivity index (χ3v) is 6.56. The first-order valence-corrected chi connectivity index (χ1v) is 11.3. The van der Waals surface area contributed by atoms with Gasteiger partial charge in [-0.05, 0) is 49.3 Å². The SMILES string of the molecule is CC1=C(C(=O)OCC2CCCO2)C(c2cccc(Br)c2)C2=C(CC(C)(C)CC2=O)N1. The van der Waals surface area contributed by atoms with Gasteiger partial charge in [0.2, 0.25) is 0 Å². The van der Waals surface area contributed by atoms with E-state index in [-0.39, 0.29) is 29.9 Å². The Hall–Kier alpha value is -1.92. The Kier molecular flexibility index (Phi) is 5.90. The lowest BCUT2D eigenvalue weighted by atomic mass is 9.68. The molecule has 2 aliphatic heterocycles. The first-order valence-electron chi connectivity index (χ1n) is 10.5. The van der Waals surface area contributed by atoms with Gasteiger partial charge in [-0.25, -0.2) is 4.79 Å². The highest BCUT2D eigenvalue weighted by Gasteiger charge is 2.43. The van der Waals surface area contributed by atoms with E-state index in [0.717, 1.165) is 40.7 Å². The van der Waals surface area contributed by atoms with Gasteiger partial charge in [-0.2, -0.15) is 0 Å². The molecule has 4 rings (SSSR count). The number of ketones is 1. The summed E-state index contributed by atoms with van der Waals surface area (Å²) in [6.45, 7) is 7.06. The molecule has 0 amide bonds. The number of rotatable bonds is 4. The molecule has 160 valence electrons. The van der Waals surface area contributed by atoms with Crippen molar-refractivity contribution in [2.75, 3.05) is 13.2 Å². The first-order chi connectivity index (χ1) is 14.2. The van der Waals surface area contributed by atoms with Crippen molar-refractivity contribution in [3.05, 3.63) is 56.8 Å². The Labute approximate surface area is 186 Å². The lowest BCUT2D eigenvalue weighted by Crippen LogP contribution is -2.39. The zero-order valence-corrected chi connectivity index (χ0v) is 19.3. The Bertz CT molecular complexity index is 940. The van der Waals surface area contributed by atoms with Crippen LogP contribution in [-0.4, -0.2) is 31.1 Å². The number of allylic oxidation sites excluding steroid dienone is 3. The fraction of sp³-hybridized carbons (Fsp3) is 0.500. The van der Waals surface area contributed by atoms with Crippen LogP contribution in [0.15, 0.2) is 51.3 Å². The molecule has 2 atom stereocenters. The molecule has 0 saturated carbocycles. The van der Waals surface area contributed by atoms with Gasteiger partial charge in [-0.3, -0.25) is 4.79 Å². The van der Waals surface area contributed by atoms with E-state index < -0.39 is 5.92 Å². The van der Waals surface area contributed by atoms with E-state index in [1.165, 1.54) is 0 Å². The van der Waals surface area contributed by atoms with Crippen LogP contribution in [0.25, 0.3) is 0 Å². The van der Waals surface area contributed by atoms with Crippen LogP contribution in [0.1, 0.15) is 57.9 Å². The minimum Gasteiger partial charge on any atom is -0.459 e. The number of Topliss-reactive ketones (excluding diaryl/α,β-unsaturated/α-hetero) is 1. The van der Waals surface area contributed by atoms with E-state index in [9.17, 15) is 9.59 Å². The second-order valence-corrected chi connectivity index (χ2v) is 10.1. The van der Waals surface area contributed by atoms with E-state index in [0.29, 0.717) is 24.2 Å². The summed E-state index contributed by atoms with van der Waals surface area (Å²) in [6.07, 6.45) is 3.10. The van der Waals surface area contributed by atoms with Crippen molar-refractivity contribution < 1.29 is 19.1 Å². The van der Waals surface area contributed by atoms with Gasteiger partial charge in [0.25, 0.3) is 0 Å². The Morgan fingerprint density at radius 3 is 2.83 bits per heavy atom. The summed E-state index contributed by atoms with van der Waals surface area (Å²) >= 11 is 3.53. The Morgan fingerprint density at radius 2 is 2.13 bits per heavy atom. The quantitative estimate of drug-likeness (QED) is 0.637. The van der Waals surface area contributed by atoms with Crippen molar-refractivity contribution in [3.8, 4) is 0 Å². The topological polar surface area (TPSA) is 64.6 Å². The predicted octanol–water partition coefficient (Wildman–Crippen LogP) is 4.78. The van der Waals surface area contributed by atoms with Gasteiger partial charge in [0.1, 0.15) is 6.61 Å². The van der Waals surface area contributed by atoms with Crippen LogP contribution in [-0.2, 0) is 19.1 Å². The fourth-order valence-corrected chi connectivity index (χ4v) is 5.17. The van der Waals surface area contributed by atoms with Crippen LogP contribution in [0.2, 0.25) is 0 Å². The third kappa shape index (κ3) is 4.26. The maximum Gasteiger partial charge on any atom is 0.336 e. The van der Waals surface area contributed by atoms with Crippen molar-refractivity contribution >= 4 is 27.7 Å². The van der Waals surface area contributed by atoms with E-state index >= 15 is 0 Å². The van der Waals surface area contributed by atoms with Gasteiger partial charge in [-0.1, -0.05) is 41.9 Å². The predicted molar refractivity (Wildman–Crippen MR) is 118 cm³/mol. The lowest BCUT2D eigenvalue weighted by molar-refractivity contribution is -0.142. The largest absolute Gasteiger partial charge is 0.459 e. The molecular formula is C24H28BrNO4. The van der Waals surface area contributed by atoms with Gasteiger partial charge >= 0.3 is 5.97 Å². The van der Waals surface area contributed by atoms with Crippen molar-refractivity contribution in [1.82, 2.24) is 5.32 Å². The number of nitrogens with one attached hydrogen (secondary N) is 1. The molecule has 5 nitrogen and oxygen atoms in total. The van der Waals surface area contributed by atoms with Crippen molar-refractivity contribution in [1.29, 1.82) is 0 Å². The van der Waals surface area contributed by atoms with E-state index in [1.54, 1.807) is 0 Å². The summed E-state index contributed by atoms with van der Waals surface area (Å²) in [4.78, 5) is 26.5. The number of benzene rings is 1. The summed E-state index contributed by atoms with van der Waals surface area (Å²) in [6, 6.07) is 7.83. The molecule has 1 N–H and O–H groups in total. The van der Waals surface area contributed by atoms with Crippen molar-refractivity contribution in [3.63, 3.8) is 0 Å². The highest BCUT2D eigenvalue weighted by molar-refractivity contribution is 9.10. The molecule has 1 fully saturated rings. The summed E-state index contributed by atoms with van der Waals surface area (Å²) in [5.41, 5.74) is 3.69. The second kappa shape index (κ2) is 8.31. The third-order valence-electron chi connectivity index (χ3n) is 6.07. The molecule has 0 radical (unpaired) electrons. The maximum atomic E-state index is 13.3. The zero-order valence-electron chi connectivity index (χ0n) is 17.7. The zero-order chi connectivity index (χ0) is 21.5. The van der Waals surface area contributed by atoms with Crippen LogP contribution < -0.4 is 5.32 Å². The Balaban J connectivity index is 1.72. The highest BCUT2D eigenvalue weighted by atomic mass is 79.9. The number of dihydropyridines is 1. The van der Waals surface area contributed by atoms with E-state index in [4.69, 9.17) is 9.47 Å². The average Bonchev–Trinajstić information content (AvgIpc) is 3.17. The number of halogens is 1. The molecular weight excluding hydrogens is 446 g/mol. The molecule has 30 heavy (non-hydrogen) atoms. The smallest absolute Gasteiger partial charge is 0.336 e. The van der Waals surface area contributed by atoms with Gasteiger partial charge in [0, 0.05) is 40.4 Å². The molecule has 2 heterocycles. The molecule has 3 aliphatic rings. The summed E-state index contributed by atoms with van der Waals surface area (Å²) in [5.74, 6) is -0.723. The second-order valence-electron chi connectivity index (χ2n) is 9.22. The highest BCUT2D eigenvalue weighted by Crippen LogP contribution is 2.47. The molecule has 0 aromatic heterocycles. The van der Waals surface area contributed by atoms with Crippen LogP contribution in [0.4, 0.5) is 0 Å². The van der Waals surface area contributed by atoms with Gasteiger partial charge < -0.3 is 14.8 Å².